The number of aromatic nitrogens is 4. The van der Waals surface area contributed by atoms with E-state index in [2.05, 4.69) is 32.4 Å². The number of rotatable bonds is 7. The van der Waals surface area contributed by atoms with Crippen LogP contribution in [0.15, 0.2) is 12.3 Å². The van der Waals surface area contributed by atoms with E-state index in [1.807, 2.05) is 13.1 Å². The molecule has 2 aromatic heterocycles. The Kier molecular flexibility index (Phi) is 5.35. The Morgan fingerprint density at radius 3 is 2.85 bits per heavy atom. The number of nitrogens with zero attached hydrogens (tertiary/aromatic N) is 3. The summed E-state index contributed by atoms with van der Waals surface area (Å²) in [5.74, 6) is 1.60. The Labute approximate surface area is 124 Å². The lowest BCUT2D eigenvalue weighted by Gasteiger charge is -2.07. The van der Waals surface area contributed by atoms with Gasteiger partial charge in [-0.05, 0) is 31.7 Å². The van der Waals surface area contributed by atoms with E-state index in [1.165, 1.54) is 5.56 Å². The molecule has 108 valence electrons. The molecule has 20 heavy (non-hydrogen) atoms. The van der Waals surface area contributed by atoms with Crippen LogP contribution in [0.4, 0.5) is 5.82 Å². The monoisotopic (exact) mass is 293 g/mol. The summed E-state index contributed by atoms with van der Waals surface area (Å²) in [5, 5.41) is 10.8. The molecule has 0 saturated carbocycles. The van der Waals surface area contributed by atoms with Crippen molar-refractivity contribution in [3.8, 4) is 0 Å². The number of hydrogen-bond acceptors (Lipinski definition) is 4. The van der Waals surface area contributed by atoms with Gasteiger partial charge in [-0.3, -0.25) is 5.10 Å². The van der Waals surface area contributed by atoms with Gasteiger partial charge in [0.15, 0.2) is 0 Å². The zero-order chi connectivity index (χ0) is 14.4. The van der Waals surface area contributed by atoms with E-state index in [9.17, 15) is 0 Å². The normalized spacial score (nSPS) is 10.8. The molecule has 2 rings (SSSR count). The summed E-state index contributed by atoms with van der Waals surface area (Å²) in [5.41, 5.74) is 2.40. The van der Waals surface area contributed by atoms with Crippen molar-refractivity contribution in [2.45, 2.75) is 39.5 Å². The van der Waals surface area contributed by atoms with E-state index < -0.39 is 0 Å². The van der Waals surface area contributed by atoms with Crippen LogP contribution in [0.1, 0.15) is 36.8 Å². The summed E-state index contributed by atoms with van der Waals surface area (Å²) in [6, 6.07) is 1.77. The molecule has 5 nitrogen and oxygen atoms in total. The lowest BCUT2D eigenvalue weighted by molar-refractivity contribution is 0.822. The summed E-state index contributed by atoms with van der Waals surface area (Å²) in [7, 11) is 0. The number of halogens is 1. The van der Waals surface area contributed by atoms with Gasteiger partial charge in [0.05, 0.1) is 6.20 Å². The Bertz CT molecular complexity index is 552. The SMILES string of the molecule is CCCc1nc(Cl)cc(NCCCc2cn[nH]c2C)n1. The van der Waals surface area contributed by atoms with Crippen LogP contribution in [0.5, 0.6) is 0 Å². The predicted octanol–water partition coefficient (Wildman–Crippen LogP) is 3.16. The fourth-order valence-corrected chi connectivity index (χ4v) is 2.21. The summed E-state index contributed by atoms with van der Waals surface area (Å²) in [6.45, 7) is 4.99. The van der Waals surface area contributed by atoms with Gasteiger partial charge >= 0.3 is 0 Å². The molecule has 0 unspecified atom stereocenters. The largest absolute Gasteiger partial charge is 0.370 e. The number of H-pyrrole nitrogens is 1. The van der Waals surface area contributed by atoms with E-state index in [0.29, 0.717) is 5.15 Å². The second kappa shape index (κ2) is 7.24. The van der Waals surface area contributed by atoms with E-state index in [1.54, 1.807) is 6.07 Å². The smallest absolute Gasteiger partial charge is 0.134 e. The maximum Gasteiger partial charge on any atom is 0.134 e. The van der Waals surface area contributed by atoms with Crippen molar-refractivity contribution in [3.05, 3.63) is 34.5 Å². The standard InChI is InChI=1S/C14H20ClN5/c1-3-5-13-18-12(15)8-14(19-13)16-7-4-6-11-9-17-20-10(11)2/h8-9H,3-7H2,1-2H3,(H,17,20)(H,16,18,19). The van der Waals surface area contributed by atoms with Crippen LogP contribution < -0.4 is 5.32 Å². The highest BCUT2D eigenvalue weighted by Crippen LogP contribution is 2.13. The fraction of sp³-hybridized carbons (Fsp3) is 0.500. The van der Waals surface area contributed by atoms with Crippen molar-refractivity contribution in [2.75, 3.05) is 11.9 Å². The number of hydrogen-bond donors (Lipinski definition) is 2. The van der Waals surface area contributed by atoms with Gasteiger partial charge in [0.1, 0.15) is 16.8 Å². The van der Waals surface area contributed by atoms with Crippen LogP contribution in [0.3, 0.4) is 0 Å². The van der Waals surface area contributed by atoms with Gasteiger partial charge in [0, 0.05) is 24.7 Å². The minimum absolute atomic E-state index is 0.497. The van der Waals surface area contributed by atoms with E-state index in [4.69, 9.17) is 11.6 Å². The topological polar surface area (TPSA) is 66.5 Å². The van der Waals surface area contributed by atoms with Gasteiger partial charge in [-0.2, -0.15) is 5.10 Å². The van der Waals surface area contributed by atoms with E-state index in [0.717, 1.165) is 49.6 Å². The quantitative estimate of drug-likeness (QED) is 0.608. The summed E-state index contributed by atoms with van der Waals surface area (Å²) < 4.78 is 0. The average Bonchev–Trinajstić information content (AvgIpc) is 2.80. The molecule has 0 saturated heterocycles. The van der Waals surface area contributed by atoms with Crippen molar-refractivity contribution in [1.29, 1.82) is 0 Å². The minimum Gasteiger partial charge on any atom is -0.370 e. The van der Waals surface area contributed by atoms with E-state index in [-0.39, 0.29) is 0 Å². The van der Waals surface area contributed by atoms with Crippen molar-refractivity contribution >= 4 is 17.4 Å². The molecule has 0 bridgehead atoms. The molecule has 0 aliphatic heterocycles. The molecule has 2 heterocycles. The van der Waals surface area contributed by atoms with E-state index >= 15 is 0 Å². The van der Waals surface area contributed by atoms with Crippen LogP contribution in [0.2, 0.25) is 5.15 Å². The third kappa shape index (κ3) is 4.20. The van der Waals surface area contributed by atoms with Crippen molar-refractivity contribution in [3.63, 3.8) is 0 Å². The zero-order valence-corrected chi connectivity index (χ0v) is 12.7. The van der Waals surface area contributed by atoms with Gasteiger partial charge in [-0.25, -0.2) is 9.97 Å². The van der Waals surface area contributed by atoms with Crippen LogP contribution in [-0.4, -0.2) is 26.7 Å². The molecule has 2 N–H and O–H groups in total. The first-order chi connectivity index (χ1) is 9.69. The molecular formula is C14H20ClN5. The minimum atomic E-state index is 0.497. The molecule has 0 atom stereocenters. The molecule has 2 aromatic rings. The number of aryl methyl sites for hydroxylation is 3. The Morgan fingerprint density at radius 1 is 1.30 bits per heavy atom. The Morgan fingerprint density at radius 2 is 2.15 bits per heavy atom. The van der Waals surface area contributed by atoms with Crippen LogP contribution in [-0.2, 0) is 12.8 Å². The highest BCUT2D eigenvalue weighted by Gasteiger charge is 2.03. The first-order valence-corrected chi connectivity index (χ1v) is 7.33. The lowest BCUT2D eigenvalue weighted by Crippen LogP contribution is -2.07. The fourth-order valence-electron chi connectivity index (χ4n) is 2.01. The maximum absolute atomic E-state index is 6.00. The average molecular weight is 294 g/mol. The third-order valence-corrected chi connectivity index (χ3v) is 3.27. The number of anilines is 1. The second-order valence-electron chi connectivity index (χ2n) is 4.79. The number of aromatic amines is 1. The van der Waals surface area contributed by atoms with Gasteiger partial charge in [0.25, 0.3) is 0 Å². The first kappa shape index (κ1) is 14.8. The lowest BCUT2D eigenvalue weighted by atomic mass is 10.1. The van der Waals surface area contributed by atoms with Gasteiger partial charge in [-0.1, -0.05) is 18.5 Å². The molecule has 0 aromatic carbocycles. The summed E-state index contributed by atoms with van der Waals surface area (Å²) in [4.78, 5) is 8.66. The van der Waals surface area contributed by atoms with Crippen LogP contribution in [0.25, 0.3) is 0 Å². The van der Waals surface area contributed by atoms with Crippen molar-refractivity contribution in [1.82, 2.24) is 20.2 Å². The van der Waals surface area contributed by atoms with Gasteiger partial charge in [-0.15, -0.1) is 0 Å². The highest BCUT2D eigenvalue weighted by molar-refractivity contribution is 6.29. The molecular weight excluding hydrogens is 274 g/mol. The molecule has 0 amide bonds. The van der Waals surface area contributed by atoms with Gasteiger partial charge in [0.2, 0.25) is 0 Å². The third-order valence-electron chi connectivity index (χ3n) is 3.08. The Hall–Kier alpha value is -1.62. The zero-order valence-electron chi connectivity index (χ0n) is 11.9. The first-order valence-electron chi connectivity index (χ1n) is 6.95. The summed E-state index contributed by atoms with van der Waals surface area (Å²) in [6.07, 6.45) is 5.76. The van der Waals surface area contributed by atoms with Crippen LogP contribution in [0, 0.1) is 6.92 Å². The maximum atomic E-state index is 6.00. The predicted molar refractivity (Wildman–Crippen MR) is 81.2 cm³/mol. The molecule has 0 aliphatic rings. The molecule has 6 heteroatoms. The van der Waals surface area contributed by atoms with Gasteiger partial charge < -0.3 is 5.32 Å². The number of nitrogens with one attached hydrogen (secondary N) is 2. The summed E-state index contributed by atoms with van der Waals surface area (Å²) >= 11 is 6.00. The molecule has 0 radical (unpaired) electrons. The molecule has 0 fully saturated rings. The highest BCUT2D eigenvalue weighted by atomic mass is 35.5. The molecule has 0 spiro atoms. The van der Waals surface area contributed by atoms with Crippen molar-refractivity contribution < 1.29 is 0 Å². The van der Waals surface area contributed by atoms with Crippen LogP contribution >= 0.6 is 11.6 Å². The van der Waals surface area contributed by atoms with Crippen molar-refractivity contribution in [2.24, 2.45) is 0 Å². The second-order valence-corrected chi connectivity index (χ2v) is 5.18. The molecule has 0 aliphatic carbocycles. The Balaban J connectivity index is 1.83.